The summed E-state index contributed by atoms with van der Waals surface area (Å²) < 4.78 is 50.5. The summed E-state index contributed by atoms with van der Waals surface area (Å²) in [4.78, 5) is 29.7. The Kier molecular flexibility index (Phi) is 7.61. The Bertz CT molecular complexity index is 1190. The minimum absolute atomic E-state index is 0.269. The van der Waals surface area contributed by atoms with Crippen molar-refractivity contribution < 1.29 is 31.9 Å². The van der Waals surface area contributed by atoms with Gasteiger partial charge >= 0.3 is 12.1 Å². The van der Waals surface area contributed by atoms with E-state index in [0.29, 0.717) is 23.8 Å². The summed E-state index contributed by atoms with van der Waals surface area (Å²) in [5.74, 6) is -2.50. The summed E-state index contributed by atoms with van der Waals surface area (Å²) in [7, 11) is 0. The number of ether oxygens (including phenoxy) is 1. The van der Waals surface area contributed by atoms with Crippen LogP contribution in [0.15, 0.2) is 59.0 Å². The number of anilines is 2. The van der Waals surface area contributed by atoms with Gasteiger partial charge in [0, 0.05) is 37.0 Å². The Morgan fingerprint density at radius 1 is 1.08 bits per heavy atom. The number of carbonyl (C=O) groups is 2. The quantitative estimate of drug-likeness (QED) is 0.413. The van der Waals surface area contributed by atoms with Crippen LogP contribution in [-0.4, -0.2) is 36.6 Å². The minimum Gasteiger partial charge on any atom is -0.466 e. The topological polar surface area (TPSA) is 84.7 Å². The monoisotopic (exact) mass is 501 g/mol. The number of oxazole rings is 1. The van der Waals surface area contributed by atoms with E-state index in [2.05, 4.69) is 15.2 Å². The van der Waals surface area contributed by atoms with Gasteiger partial charge < -0.3 is 19.4 Å². The van der Waals surface area contributed by atoms with Crippen LogP contribution < -0.4 is 10.2 Å². The molecule has 36 heavy (non-hydrogen) atoms. The Balaban J connectivity index is 1.39. The van der Waals surface area contributed by atoms with Crippen LogP contribution in [0.4, 0.5) is 24.5 Å². The van der Waals surface area contributed by atoms with E-state index in [1.807, 2.05) is 12.1 Å². The van der Waals surface area contributed by atoms with Crippen molar-refractivity contribution in [1.82, 2.24) is 4.98 Å². The first kappa shape index (κ1) is 25.3. The molecular formula is C26H26F3N3O4. The summed E-state index contributed by atoms with van der Waals surface area (Å²) in [5, 5.41) is 2.48. The highest BCUT2D eigenvalue weighted by molar-refractivity contribution is 6.04. The number of hydrogen-bond donors (Lipinski definition) is 1. The molecule has 1 aromatic heterocycles. The number of nitrogens with one attached hydrogen (secondary N) is 1. The van der Waals surface area contributed by atoms with Crippen molar-refractivity contribution in [2.45, 2.75) is 32.4 Å². The van der Waals surface area contributed by atoms with E-state index in [0.717, 1.165) is 38.0 Å². The van der Waals surface area contributed by atoms with Crippen LogP contribution >= 0.6 is 0 Å². The molecule has 0 bridgehead atoms. The average Bonchev–Trinajstić information content (AvgIpc) is 3.32. The number of rotatable bonds is 7. The number of nitrogens with zero attached hydrogens (tertiary/aromatic N) is 2. The van der Waals surface area contributed by atoms with Gasteiger partial charge in [-0.2, -0.15) is 13.2 Å². The third-order valence-corrected chi connectivity index (χ3v) is 6.06. The molecule has 7 nitrogen and oxygen atoms in total. The van der Waals surface area contributed by atoms with Crippen LogP contribution in [-0.2, 0) is 15.7 Å². The maximum Gasteiger partial charge on any atom is 0.452 e. The van der Waals surface area contributed by atoms with Crippen LogP contribution in [0.2, 0.25) is 0 Å². The van der Waals surface area contributed by atoms with Crippen molar-refractivity contribution in [2.75, 3.05) is 29.9 Å². The summed E-state index contributed by atoms with van der Waals surface area (Å²) >= 11 is 0. The molecular weight excluding hydrogens is 475 g/mol. The van der Waals surface area contributed by atoms with Gasteiger partial charge in [-0.25, -0.2) is 4.98 Å². The lowest BCUT2D eigenvalue weighted by molar-refractivity contribution is -0.153. The van der Waals surface area contributed by atoms with E-state index in [1.54, 1.807) is 42.5 Å². The summed E-state index contributed by atoms with van der Waals surface area (Å²) in [6, 6.07) is 15.0. The average molecular weight is 502 g/mol. The van der Waals surface area contributed by atoms with Gasteiger partial charge in [0.25, 0.3) is 5.91 Å². The number of amides is 1. The number of piperidine rings is 1. The highest BCUT2D eigenvalue weighted by Gasteiger charge is 2.42. The molecule has 1 fully saturated rings. The van der Waals surface area contributed by atoms with Crippen molar-refractivity contribution in [1.29, 1.82) is 0 Å². The molecule has 0 spiro atoms. The molecule has 1 saturated heterocycles. The molecule has 1 aliphatic rings. The van der Waals surface area contributed by atoms with E-state index in [-0.39, 0.29) is 11.9 Å². The predicted octanol–water partition coefficient (Wildman–Crippen LogP) is 5.78. The normalized spacial score (nSPS) is 14.5. The van der Waals surface area contributed by atoms with Crippen LogP contribution in [0, 0.1) is 5.92 Å². The molecule has 10 heteroatoms. The van der Waals surface area contributed by atoms with Crippen molar-refractivity contribution in [3.05, 3.63) is 66.1 Å². The number of halogens is 3. The molecule has 0 saturated carbocycles. The molecule has 0 aliphatic carbocycles. The Morgan fingerprint density at radius 3 is 2.36 bits per heavy atom. The number of hydrogen-bond acceptors (Lipinski definition) is 6. The highest BCUT2D eigenvalue weighted by Crippen LogP contribution is 2.35. The zero-order valence-electron chi connectivity index (χ0n) is 19.7. The van der Waals surface area contributed by atoms with Gasteiger partial charge in [-0.05, 0) is 61.6 Å². The molecule has 0 unspecified atom stereocenters. The van der Waals surface area contributed by atoms with E-state index in [1.165, 1.54) is 6.92 Å². The number of benzene rings is 2. The second kappa shape index (κ2) is 10.8. The van der Waals surface area contributed by atoms with E-state index < -0.39 is 23.5 Å². The van der Waals surface area contributed by atoms with Gasteiger partial charge in [0.1, 0.15) is 0 Å². The molecule has 190 valence electrons. The second-order valence-electron chi connectivity index (χ2n) is 8.62. The highest BCUT2D eigenvalue weighted by atomic mass is 19.4. The van der Waals surface area contributed by atoms with Gasteiger partial charge in [0.05, 0.1) is 6.61 Å². The lowest BCUT2D eigenvalue weighted by atomic mass is 9.93. The van der Waals surface area contributed by atoms with Crippen LogP contribution in [0.1, 0.15) is 42.4 Å². The lowest BCUT2D eigenvalue weighted by Crippen LogP contribution is -2.34. The first-order chi connectivity index (χ1) is 17.2. The van der Waals surface area contributed by atoms with Crippen LogP contribution in [0.5, 0.6) is 0 Å². The van der Waals surface area contributed by atoms with Crippen molar-refractivity contribution in [3.8, 4) is 11.5 Å². The fourth-order valence-electron chi connectivity index (χ4n) is 4.17. The van der Waals surface area contributed by atoms with Gasteiger partial charge in [0.2, 0.25) is 11.7 Å². The predicted molar refractivity (Wildman–Crippen MR) is 128 cm³/mol. The summed E-state index contributed by atoms with van der Waals surface area (Å²) in [6.07, 6.45) is -2.10. The van der Waals surface area contributed by atoms with E-state index in [4.69, 9.17) is 9.15 Å². The van der Waals surface area contributed by atoms with Crippen molar-refractivity contribution >= 4 is 23.3 Å². The molecule has 0 radical (unpaired) electrons. The number of alkyl halides is 3. The molecule has 2 aromatic carbocycles. The molecule has 0 atom stereocenters. The largest absolute Gasteiger partial charge is 0.466 e. The molecule has 4 rings (SSSR count). The zero-order chi connectivity index (χ0) is 25.7. The standard InChI is InChI=1S/C26H26F3N3O4/c1-17(33)35-16-13-18-11-14-32(15-12-18)21-9-7-20(8-10-21)30-24(34)22-23(26(27,28)29)36-25(31-22)19-5-3-2-4-6-19/h2-10,18H,11-16H2,1H3,(H,30,34). The number of esters is 1. The molecule has 1 amide bonds. The first-order valence-corrected chi connectivity index (χ1v) is 11.6. The second-order valence-corrected chi connectivity index (χ2v) is 8.62. The Labute approximate surface area is 206 Å². The van der Waals surface area contributed by atoms with Gasteiger partial charge in [-0.1, -0.05) is 18.2 Å². The molecule has 1 N–H and O–H groups in total. The smallest absolute Gasteiger partial charge is 0.452 e. The van der Waals surface area contributed by atoms with E-state index in [9.17, 15) is 22.8 Å². The third kappa shape index (κ3) is 6.24. The van der Waals surface area contributed by atoms with Crippen LogP contribution in [0.3, 0.4) is 0 Å². The Morgan fingerprint density at radius 2 is 1.75 bits per heavy atom. The molecule has 1 aliphatic heterocycles. The number of carbonyl (C=O) groups excluding carboxylic acids is 2. The summed E-state index contributed by atoms with van der Waals surface area (Å²) in [5.41, 5.74) is 0.815. The minimum atomic E-state index is -4.87. The SMILES string of the molecule is CC(=O)OCCC1CCN(c2ccc(NC(=O)c3nc(-c4ccccc4)oc3C(F)(F)F)cc2)CC1. The molecule has 2 heterocycles. The fraction of sp³-hybridized carbons (Fsp3) is 0.346. The Hall–Kier alpha value is -3.82. The molecule has 3 aromatic rings. The zero-order valence-corrected chi connectivity index (χ0v) is 19.7. The van der Waals surface area contributed by atoms with E-state index >= 15 is 0 Å². The maximum atomic E-state index is 13.5. The maximum absolute atomic E-state index is 13.5. The summed E-state index contributed by atoms with van der Waals surface area (Å²) in [6.45, 7) is 3.51. The van der Waals surface area contributed by atoms with Crippen molar-refractivity contribution in [2.24, 2.45) is 5.92 Å². The first-order valence-electron chi connectivity index (χ1n) is 11.6. The van der Waals surface area contributed by atoms with Gasteiger partial charge in [0.15, 0.2) is 5.69 Å². The van der Waals surface area contributed by atoms with Crippen LogP contribution in [0.25, 0.3) is 11.5 Å². The lowest BCUT2D eigenvalue weighted by Gasteiger charge is -2.33. The number of aromatic nitrogens is 1. The van der Waals surface area contributed by atoms with Gasteiger partial charge in [-0.15, -0.1) is 0 Å². The fourth-order valence-corrected chi connectivity index (χ4v) is 4.17. The third-order valence-electron chi connectivity index (χ3n) is 6.06. The van der Waals surface area contributed by atoms with Crippen molar-refractivity contribution in [3.63, 3.8) is 0 Å². The van der Waals surface area contributed by atoms with Gasteiger partial charge in [-0.3, -0.25) is 9.59 Å².